The van der Waals surface area contributed by atoms with Crippen molar-refractivity contribution in [3.05, 3.63) is 35.9 Å². The molecule has 2 fully saturated rings. The number of rotatable bonds is 2. The van der Waals surface area contributed by atoms with E-state index in [4.69, 9.17) is 0 Å². The van der Waals surface area contributed by atoms with Crippen LogP contribution in [0, 0.1) is 5.92 Å². The van der Waals surface area contributed by atoms with Crippen LogP contribution in [0.15, 0.2) is 35.3 Å². The SMILES string of the molecule is CC1(C)CN=C(N2CCN(C(=O)[C@@H]3C[C@H]3c3ccccc3)CC2)S1. The summed E-state index contributed by atoms with van der Waals surface area (Å²) in [5, 5.41) is 1.17. The van der Waals surface area contributed by atoms with E-state index in [9.17, 15) is 4.79 Å². The second-order valence-corrected chi connectivity index (χ2v) is 9.31. The van der Waals surface area contributed by atoms with E-state index in [1.165, 1.54) is 10.7 Å². The highest BCUT2D eigenvalue weighted by Crippen LogP contribution is 2.48. The van der Waals surface area contributed by atoms with E-state index in [1.54, 1.807) is 0 Å². The van der Waals surface area contributed by atoms with Gasteiger partial charge in [0.25, 0.3) is 0 Å². The quantitative estimate of drug-likeness (QED) is 0.828. The largest absolute Gasteiger partial charge is 0.348 e. The van der Waals surface area contributed by atoms with Gasteiger partial charge in [-0.25, -0.2) is 0 Å². The maximum atomic E-state index is 12.7. The molecule has 1 aliphatic carbocycles. The number of hydrogen-bond acceptors (Lipinski definition) is 4. The fourth-order valence-electron chi connectivity index (χ4n) is 3.62. The third-order valence-corrected chi connectivity index (χ3v) is 6.41. The molecule has 1 amide bonds. The lowest BCUT2D eigenvalue weighted by Crippen LogP contribution is -2.50. The maximum absolute atomic E-state index is 12.7. The second-order valence-electron chi connectivity index (χ2n) is 7.63. The fourth-order valence-corrected chi connectivity index (χ4v) is 4.69. The Morgan fingerprint density at radius 1 is 1.17 bits per heavy atom. The summed E-state index contributed by atoms with van der Waals surface area (Å²) in [6.45, 7) is 8.86. The molecule has 0 bridgehead atoms. The normalized spacial score (nSPS) is 28.7. The van der Waals surface area contributed by atoms with Crippen LogP contribution in [0.1, 0.15) is 31.7 Å². The van der Waals surface area contributed by atoms with Gasteiger partial charge in [0, 0.05) is 36.8 Å². The van der Waals surface area contributed by atoms with Gasteiger partial charge in [0.15, 0.2) is 5.17 Å². The summed E-state index contributed by atoms with van der Waals surface area (Å²) in [7, 11) is 0. The molecule has 0 N–H and O–H groups in total. The van der Waals surface area contributed by atoms with Crippen LogP contribution in [0.3, 0.4) is 0 Å². The maximum Gasteiger partial charge on any atom is 0.226 e. The van der Waals surface area contributed by atoms with Crippen molar-refractivity contribution in [3.63, 3.8) is 0 Å². The van der Waals surface area contributed by atoms with Crippen molar-refractivity contribution in [2.24, 2.45) is 10.9 Å². The number of amides is 1. The van der Waals surface area contributed by atoms with Crippen molar-refractivity contribution in [2.45, 2.75) is 30.9 Å². The molecule has 4 rings (SSSR count). The molecule has 0 radical (unpaired) electrons. The lowest BCUT2D eigenvalue weighted by Gasteiger charge is -2.36. The zero-order valence-corrected chi connectivity index (χ0v) is 15.3. The lowest BCUT2D eigenvalue weighted by molar-refractivity contribution is -0.133. The molecule has 2 aliphatic heterocycles. The molecule has 2 heterocycles. The number of thioether (sulfide) groups is 1. The molecule has 3 aliphatic rings. The number of carbonyl (C=O) groups is 1. The average molecular weight is 343 g/mol. The molecule has 128 valence electrons. The van der Waals surface area contributed by atoms with E-state index in [2.05, 4.69) is 52.9 Å². The van der Waals surface area contributed by atoms with Crippen LogP contribution in [0.2, 0.25) is 0 Å². The lowest BCUT2D eigenvalue weighted by atomic mass is 10.1. The fraction of sp³-hybridized carbons (Fsp3) is 0.579. The monoisotopic (exact) mass is 343 g/mol. The van der Waals surface area contributed by atoms with Crippen LogP contribution in [-0.2, 0) is 4.79 Å². The van der Waals surface area contributed by atoms with Crippen molar-refractivity contribution >= 4 is 22.8 Å². The van der Waals surface area contributed by atoms with Gasteiger partial charge in [-0.15, -0.1) is 0 Å². The molecule has 1 saturated carbocycles. The van der Waals surface area contributed by atoms with Gasteiger partial charge < -0.3 is 9.80 Å². The van der Waals surface area contributed by atoms with Gasteiger partial charge in [0.1, 0.15) is 0 Å². The van der Waals surface area contributed by atoms with Crippen LogP contribution < -0.4 is 0 Å². The van der Waals surface area contributed by atoms with E-state index in [0.29, 0.717) is 11.8 Å². The molecule has 0 unspecified atom stereocenters. The third-order valence-electron chi connectivity index (χ3n) is 5.16. The number of benzene rings is 1. The number of hydrogen-bond donors (Lipinski definition) is 0. The topological polar surface area (TPSA) is 35.9 Å². The van der Waals surface area contributed by atoms with Gasteiger partial charge >= 0.3 is 0 Å². The molecule has 5 heteroatoms. The van der Waals surface area contributed by atoms with Crippen LogP contribution in [0.25, 0.3) is 0 Å². The first-order valence-corrected chi connectivity index (χ1v) is 9.67. The molecule has 24 heavy (non-hydrogen) atoms. The predicted molar refractivity (Wildman–Crippen MR) is 99.4 cm³/mol. The predicted octanol–water partition coefficient (Wildman–Crippen LogP) is 2.82. The Labute approximate surface area is 148 Å². The first-order chi connectivity index (χ1) is 11.5. The van der Waals surface area contributed by atoms with Crippen molar-refractivity contribution < 1.29 is 4.79 Å². The molecule has 0 spiro atoms. The van der Waals surface area contributed by atoms with E-state index in [-0.39, 0.29) is 10.7 Å². The highest BCUT2D eigenvalue weighted by atomic mass is 32.2. The summed E-state index contributed by atoms with van der Waals surface area (Å²) in [6.07, 6.45) is 1.01. The Morgan fingerprint density at radius 2 is 1.88 bits per heavy atom. The number of nitrogens with zero attached hydrogens (tertiary/aromatic N) is 3. The minimum absolute atomic E-state index is 0.205. The summed E-state index contributed by atoms with van der Waals surface area (Å²) >= 11 is 1.87. The number of piperazine rings is 1. The van der Waals surface area contributed by atoms with Crippen molar-refractivity contribution in [2.75, 3.05) is 32.7 Å². The molecule has 1 saturated heterocycles. The molecular weight excluding hydrogens is 318 g/mol. The molecule has 1 aromatic rings. The highest BCUT2D eigenvalue weighted by molar-refractivity contribution is 8.15. The van der Waals surface area contributed by atoms with Gasteiger partial charge in [0.2, 0.25) is 5.91 Å². The van der Waals surface area contributed by atoms with Gasteiger partial charge in [-0.1, -0.05) is 42.1 Å². The zero-order chi connectivity index (χ0) is 16.7. The van der Waals surface area contributed by atoms with Crippen LogP contribution in [-0.4, -0.2) is 58.3 Å². The first-order valence-electron chi connectivity index (χ1n) is 8.86. The Hall–Kier alpha value is -1.49. The zero-order valence-electron chi connectivity index (χ0n) is 14.4. The Bertz CT molecular complexity index is 650. The third kappa shape index (κ3) is 3.18. The number of aliphatic imine (C=N–C) groups is 1. The molecule has 4 nitrogen and oxygen atoms in total. The summed E-state index contributed by atoms with van der Waals surface area (Å²) < 4.78 is 0.221. The first kappa shape index (κ1) is 16.0. The summed E-state index contributed by atoms with van der Waals surface area (Å²) in [5.41, 5.74) is 1.31. The smallest absolute Gasteiger partial charge is 0.226 e. The van der Waals surface area contributed by atoms with Crippen LogP contribution in [0.5, 0.6) is 0 Å². The number of amidine groups is 1. The summed E-state index contributed by atoms with van der Waals surface area (Å²) in [6, 6.07) is 10.5. The van der Waals surface area contributed by atoms with E-state index < -0.39 is 0 Å². The van der Waals surface area contributed by atoms with Crippen LogP contribution in [0.4, 0.5) is 0 Å². The van der Waals surface area contributed by atoms with Gasteiger partial charge in [0.05, 0.1) is 6.54 Å². The minimum atomic E-state index is 0.205. The number of carbonyl (C=O) groups excluding carboxylic acids is 1. The Kier molecular flexibility index (Phi) is 4.07. The average Bonchev–Trinajstić information content (AvgIpc) is 3.32. The highest BCUT2D eigenvalue weighted by Gasteiger charge is 2.46. The summed E-state index contributed by atoms with van der Waals surface area (Å²) in [5.74, 6) is 0.994. The second kappa shape index (κ2) is 6.10. The molecule has 1 aromatic carbocycles. The van der Waals surface area contributed by atoms with E-state index in [0.717, 1.165) is 39.1 Å². The van der Waals surface area contributed by atoms with Crippen molar-refractivity contribution in [1.29, 1.82) is 0 Å². The Morgan fingerprint density at radius 3 is 2.50 bits per heavy atom. The van der Waals surface area contributed by atoms with Crippen molar-refractivity contribution in [3.8, 4) is 0 Å². The van der Waals surface area contributed by atoms with E-state index >= 15 is 0 Å². The summed E-state index contributed by atoms with van der Waals surface area (Å²) in [4.78, 5) is 21.8. The minimum Gasteiger partial charge on any atom is -0.348 e. The van der Waals surface area contributed by atoms with Gasteiger partial charge in [-0.05, 0) is 31.7 Å². The molecular formula is C19H25N3OS. The van der Waals surface area contributed by atoms with E-state index in [1.807, 2.05) is 17.8 Å². The molecule has 0 aromatic heterocycles. The molecule has 2 atom stereocenters. The standard InChI is InChI=1S/C19H25N3OS/c1-19(2)13-20-18(24-19)22-10-8-21(9-11-22)17(23)16-12-15(16)14-6-4-3-5-7-14/h3-7,15-16H,8-13H2,1-2H3/t15-,16+/m0/s1. The van der Waals surface area contributed by atoms with Crippen molar-refractivity contribution in [1.82, 2.24) is 9.80 Å². The van der Waals surface area contributed by atoms with Crippen LogP contribution >= 0.6 is 11.8 Å². The Balaban J connectivity index is 1.30. The van der Waals surface area contributed by atoms with Gasteiger partial charge in [-0.2, -0.15) is 0 Å². The van der Waals surface area contributed by atoms with Gasteiger partial charge in [-0.3, -0.25) is 9.79 Å².